The second-order valence-electron chi connectivity index (χ2n) is 2.78. The van der Waals surface area contributed by atoms with E-state index in [4.69, 9.17) is 6.42 Å². The van der Waals surface area contributed by atoms with E-state index >= 15 is 0 Å². The largest absolute Gasteiger partial charge is 0.467 e. The van der Waals surface area contributed by atoms with Gasteiger partial charge in [-0.1, -0.05) is 5.92 Å². The Morgan fingerprint density at radius 1 is 1.56 bits per heavy atom. The molecule has 1 N–H and O–H groups in total. The van der Waals surface area contributed by atoms with Gasteiger partial charge in [-0.2, -0.15) is 11.8 Å². The van der Waals surface area contributed by atoms with Crippen molar-refractivity contribution in [2.24, 2.45) is 0 Å². The van der Waals surface area contributed by atoms with Crippen LogP contribution in [0, 0.1) is 12.3 Å². The lowest BCUT2D eigenvalue weighted by atomic mass is 10.2. The molecule has 1 atom stereocenters. The van der Waals surface area contributed by atoms with E-state index in [-0.39, 0.29) is 6.61 Å². The number of nitrogens with one attached hydrogen (secondary N) is 1. The van der Waals surface area contributed by atoms with Gasteiger partial charge in [-0.15, -0.1) is 6.42 Å². The number of carbonyl (C=O) groups excluding carboxylic acids is 2. The summed E-state index contributed by atoms with van der Waals surface area (Å²) in [5.74, 6) is 2.39. The third-order valence-corrected chi connectivity index (χ3v) is 2.32. The van der Waals surface area contributed by atoms with Crippen LogP contribution in [0.2, 0.25) is 0 Å². The maximum absolute atomic E-state index is 11.3. The van der Waals surface area contributed by atoms with Gasteiger partial charge in [0.1, 0.15) is 6.04 Å². The molecule has 0 heterocycles. The van der Waals surface area contributed by atoms with Gasteiger partial charge in [0, 0.05) is 0 Å². The molecular formula is C10H15NO4S. The molecule has 0 unspecified atom stereocenters. The number of thioether (sulfide) groups is 1. The Labute approximate surface area is 99.2 Å². The van der Waals surface area contributed by atoms with Crippen LogP contribution in [0.5, 0.6) is 0 Å². The highest BCUT2D eigenvalue weighted by molar-refractivity contribution is 7.98. The fourth-order valence-electron chi connectivity index (χ4n) is 0.918. The second-order valence-corrected chi connectivity index (χ2v) is 3.77. The number of hydrogen-bond donors (Lipinski definition) is 1. The van der Waals surface area contributed by atoms with Gasteiger partial charge in [0.05, 0.1) is 7.11 Å². The third kappa shape index (κ3) is 6.19. The quantitative estimate of drug-likeness (QED) is 0.549. The molecule has 0 aliphatic carbocycles. The first-order chi connectivity index (χ1) is 7.65. The van der Waals surface area contributed by atoms with Gasteiger partial charge in [0.25, 0.3) is 0 Å². The first kappa shape index (κ1) is 14.6. The van der Waals surface area contributed by atoms with Crippen LogP contribution in [0.25, 0.3) is 0 Å². The molecule has 0 saturated carbocycles. The van der Waals surface area contributed by atoms with Gasteiger partial charge in [-0.05, 0) is 18.4 Å². The monoisotopic (exact) mass is 245 g/mol. The van der Waals surface area contributed by atoms with Crippen molar-refractivity contribution >= 4 is 23.8 Å². The highest BCUT2D eigenvalue weighted by Gasteiger charge is 2.21. The van der Waals surface area contributed by atoms with E-state index in [2.05, 4.69) is 20.7 Å². The molecular weight excluding hydrogens is 230 g/mol. The summed E-state index contributed by atoms with van der Waals surface area (Å²) >= 11 is 1.57. The van der Waals surface area contributed by atoms with Crippen LogP contribution in [-0.4, -0.2) is 43.8 Å². The van der Waals surface area contributed by atoms with Crippen molar-refractivity contribution in [2.45, 2.75) is 12.5 Å². The standard InChI is InChI=1S/C10H15NO4S/c1-4-6-15-10(13)11-8(5-7-16-3)9(12)14-2/h1,8H,5-7H2,2-3H3,(H,11,13)/t8-/m0/s1. The highest BCUT2D eigenvalue weighted by atomic mass is 32.2. The number of carbonyl (C=O) groups is 2. The van der Waals surface area contributed by atoms with E-state index in [1.807, 2.05) is 6.26 Å². The predicted molar refractivity (Wildman–Crippen MR) is 62.1 cm³/mol. The molecule has 0 aromatic carbocycles. The summed E-state index contributed by atoms with van der Waals surface area (Å²) < 4.78 is 9.15. The van der Waals surface area contributed by atoms with Crippen molar-refractivity contribution in [3.63, 3.8) is 0 Å². The Morgan fingerprint density at radius 2 is 2.25 bits per heavy atom. The summed E-state index contributed by atoms with van der Waals surface area (Å²) in [6.07, 6.45) is 6.60. The average molecular weight is 245 g/mol. The van der Waals surface area contributed by atoms with Crippen molar-refractivity contribution in [3.05, 3.63) is 0 Å². The topological polar surface area (TPSA) is 64.6 Å². The van der Waals surface area contributed by atoms with Crippen LogP contribution in [0.4, 0.5) is 4.79 Å². The van der Waals surface area contributed by atoms with E-state index in [0.717, 1.165) is 5.75 Å². The molecule has 0 bridgehead atoms. The molecule has 5 nitrogen and oxygen atoms in total. The minimum absolute atomic E-state index is 0.123. The predicted octanol–water partition coefficient (Wildman–Crippen LogP) is 0.641. The molecule has 0 rings (SSSR count). The summed E-state index contributed by atoms with van der Waals surface area (Å²) in [6.45, 7) is -0.123. The Morgan fingerprint density at radius 3 is 2.75 bits per heavy atom. The Bertz CT molecular complexity index is 274. The van der Waals surface area contributed by atoms with E-state index in [0.29, 0.717) is 6.42 Å². The Hall–Kier alpha value is -1.35. The molecule has 0 radical (unpaired) electrons. The molecule has 0 fully saturated rings. The van der Waals surface area contributed by atoms with Crippen molar-refractivity contribution in [1.82, 2.24) is 5.32 Å². The third-order valence-electron chi connectivity index (χ3n) is 1.68. The van der Waals surface area contributed by atoms with Gasteiger partial charge in [-0.3, -0.25) is 0 Å². The number of methoxy groups -OCH3 is 1. The van der Waals surface area contributed by atoms with E-state index < -0.39 is 18.1 Å². The zero-order chi connectivity index (χ0) is 12.4. The molecule has 0 aromatic heterocycles. The van der Waals surface area contributed by atoms with Gasteiger partial charge in [-0.25, -0.2) is 9.59 Å². The van der Waals surface area contributed by atoms with E-state index in [9.17, 15) is 9.59 Å². The number of ether oxygens (including phenoxy) is 2. The maximum atomic E-state index is 11.3. The van der Waals surface area contributed by atoms with Gasteiger partial charge in [0.2, 0.25) is 0 Å². The molecule has 0 saturated heterocycles. The number of amides is 1. The van der Waals surface area contributed by atoms with Crippen molar-refractivity contribution < 1.29 is 19.1 Å². The van der Waals surface area contributed by atoms with Gasteiger partial charge in [0.15, 0.2) is 6.61 Å². The van der Waals surface area contributed by atoms with Crippen LogP contribution in [0.15, 0.2) is 0 Å². The molecule has 16 heavy (non-hydrogen) atoms. The lowest BCUT2D eigenvalue weighted by Crippen LogP contribution is -2.42. The molecule has 0 spiro atoms. The molecule has 6 heteroatoms. The first-order valence-corrected chi connectivity index (χ1v) is 5.98. The number of alkyl carbamates (subject to hydrolysis) is 1. The van der Waals surface area contributed by atoms with Crippen LogP contribution in [-0.2, 0) is 14.3 Å². The SMILES string of the molecule is C#CCOC(=O)N[C@@H](CCSC)C(=O)OC. The summed E-state index contributed by atoms with van der Waals surface area (Å²) in [5.41, 5.74) is 0. The van der Waals surface area contributed by atoms with Crippen molar-refractivity contribution in [1.29, 1.82) is 0 Å². The number of rotatable bonds is 6. The summed E-state index contributed by atoms with van der Waals surface area (Å²) in [5, 5.41) is 2.39. The number of terminal acetylenes is 1. The van der Waals surface area contributed by atoms with E-state index in [1.165, 1.54) is 7.11 Å². The van der Waals surface area contributed by atoms with Crippen LogP contribution in [0.3, 0.4) is 0 Å². The lowest BCUT2D eigenvalue weighted by Gasteiger charge is -2.15. The zero-order valence-electron chi connectivity index (χ0n) is 9.32. The van der Waals surface area contributed by atoms with Crippen LogP contribution >= 0.6 is 11.8 Å². The minimum Gasteiger partial charge on any atom is -0.467 e. The number of esters is 1. The highest BCUT2D eigenvalue weighted by Crippen LogP contribution is 2.02. The molecule has 1 amide bonds. The zero-order valence-corrected chi connectivity index (χ0v) is 10.1. The van der Waals surface area contributed by atoms with Crippen molar-refractivity contribution in [3.8, 4) is 12.3 Å². The molecule has 90 valence electrons. The minimum atomic E-state index is -0.713. The fourth-order valence-corrected chi connectivity index (χ4v) is 1.39. The normalized spacial score (nSPS) is 11.1. The van der Waals surface area contributed by atoms with Crippen LogP contribution < -0.4 is 5.32 Å². The molecule has 0 aliphatic heterocycles. The van der Waals surface area contributed by atoms with Gasteiger partial charge < -0.3 is 14.8 Å². The summed E-state index contributed by atoms with van der Waals surface area (Å²) in [6, 6.07) is -0.692. The summed E-state index contributed by atoms with van der Waals surface area (Å²) in [4.78, 5) is 22.4. The Kier molecular flexibility index (Phi) is 8.17. The average Bonchev–Trinajstić information content (AvgIpc) is 2.30. The van der Waals surface area contributed by atoms with Crippen LogP contribution in [0.1, 0.15) is 6.42 Å². The molecule has 0 aliphatic rings. The smallest absolute Gasteiger partial charge is 0.408 e. The fraction of sp³-hybridized carbons (Fsp3) is 0.600. The van der Waals surface area contributed by atoms with E-state index in [1.54, 1.807) is 11.8 Å². The maximum Gasteiger partial charge on any atom is 0.408 e. The van der Waals surface area contributed by atoms with Gasteiger partial charge >= 0.3 is 12.1 Å². The Balaban J connectivity index is 4.14. The van der Waals surface area contributed by atoms with Crippen molar-refractivity contribution in [2.75, 3.05) is 25.7 Å². The second kappa shape index (κ2) is 8.92. The summed E-state index contributed by atoms with van der Waals surface area (Å²) in [7, 11) is 1.27. The molecule has 0 aromatic rings. The number of hydrogen-bond acceptors (Lipinski definition) is 5. The first-order valence-electron chi connectivity index (χ1n) is 4.59. The lowest BCUT2D eigenvalue weighted by molar-refractivity contribution is -0.143.